The Labute approximate surface area is 154 Å². The van der Waals surface area contributed by atoms with Gasteiger partial charge in [-0.25, -0.2) is 0 Å². The van der Waals surface area contributed by atoms with Gasteiger partial charge in [0.1, 0.15) is 5.78 Å². The van der Waals surface area contributed by atoms with Crippen LogP contribution >= 0.6 is 0 Å². The van der Waals surface area contributed by atoms with Gasteiger partial charge in [0.15, 0.2) is 14.6 Å². The van der Waals surface area contributed by atoms with Crippen molar-refractivity contribution in [3.8, 4) is 0 Å². The third-order valence-electron chi connectivity index (χ3n) is 7.03. The second kappa shape index (κ2) is 7.41. The van der Waals surface area contributed by atoms with E-state index in [9.17, 15) is 4.79 Å². The molecule has 0 aromatic heterocycles. The Morgan fingerprint density at radius 3 is 2.60 bits per heavy atom. The summed E-state index contributed by atoms with van der Waals surface area (Å²) in [7, 11) is -1.79. The second-order valence-electron chi connectivity index (χ2n) is 9.81. The molecule has 0 bridgehead atoms. The van der Waals surface area contributed by atoms with Crippen LogP contribution < -0.4 is 0 Å². The van der Waals surface area contributed by atoms with Gasteiger partial charge in [0.2, 0.25) is 0 Å². The third-order valence-corrected chi connectivity index (χ3v) is 11.5. The zero-order valence-electron chi connectivity index (χ0n) is 16.7. The quantitative estimate of drug-likeness (QED) is 0.669. The summed E-state index contributed by atoms with van der Waals surface area (Å²) in [6.07, 6.45) is 5.94. The van der Waals surface area contributed by atoms with Crippen LogP contribution in [0.5, 0.6) is 0 Å². The Bertz CT molecular complexity index is 479. The van der Waals surface area contributed by atoms with E-state index in [1.165, 1.54) is 6.42 Å². The van der Waals surface area contributed by atoms with E-state index in [4.69, 9.17) is 13.9 Å². The molecule has 3 aliphatic rings. The van der Waals surface area contributed by atoms with Crippen molar-refractivity contribution in [2.75, 3.05) is 13.2 Å². The van der Waals surface area contributed by atoms with E-state index in [0.29, 0.717) is 23.5 Å². The zero-order valence-corrected chi connectivity index (χ0v) is 17.7. The van der Waals surface area contributed by atoms with Crippen molar-refractivity contribution in [1.82, 2.24) is 0 Å². The predicted octanol–water partition coefficient (Wildman–Crippen LogP) is 4.54. The van der Waals surface area contributed by atoms with Gasteiger partial charge in [0, 0.05) is 32.0 Å². The number of hydrogen-bond donors (Lipinski definition) is 0. The van der Waals surface area contributed by atoms with E-state index in [-0.39, 0.29) is 17.4 Å². The number of carbonyl (C=O) groups is 1. The lowest BCUT2D eigenvalue weighted by molar-refractivity contribution is -0.198. The molecule has 2 aliphatic carbocycles. The summed E-state index contributed by atoms with van der Waals surface area (Å²) < 4.78 is 18.7. The van der Waals surface area contributed by atoms with Gasteiger partial charge in [-0.2, -0.15) is 0 Å². The molecule has 0 amide bonds. The maximum Gasteiger partial charge on any atom is 0.191 e. The Hall–Kier alpha value is -0.233. The topological polar surface area (TPSA) is 44.8 Å². The molecule has 5 atom stereocenters. The van der Waals surface area contributed by atoms with Crippen LogP contribution in [0.4, 0.5) is 0 Å². The first-order chi connectivity index (χ1) is 11.7. The number of ketones is 1. The number of carbonyl (C=O) groups excluding carboxylic acids is 1. The van der Waals surface area contributed by atoms with Crippen LogP contribution in [0.2, 0.25) is 18.1 Å². The van der Waals surface area contributed by atoms with E-state index in [2.05, 4.69) is 33.9 Å². The highest BCUT2D eigenvalue weighted by Gasteiger charge is 2.50. The Balaban J connectivity index is 1.66. The number of fused-ring (bicyclic) bond motifs is 1. The normalized spacial score (nSPS) is 36.7. The first-order valence-corrected chi connectivity index (χ1v) is 13.0. The van der Waals surface area contributed by atoms with Crippen molar-refractivity contribution in [2.45, 2.75) is 89.8 Å². The average molecular weight is 369 g/mol. The van der Waals surface area contributed by atoms with Gasteiger partial charge >= 0.3 is 0 Å². The Morgan fingerprint density at radius 1 is 1.20 bits per heavy atom. The van der Waals surface area contributed by atoms with E-state index in [1.54, 1.807) is 0 Å². The number of rotatable bonds is 5. The van der Waals surface area contributed by atoms with Crippen molar-refractivity contribution in [3.05, 3.63) is 0 Å². The van der Waals surface area contributed by atoms with Crippen LogP contribution in [0.15, 0.2) is 0 Å². The van der Waals surface area contributed by atoms with Crippen LogP contribution in [-0.2, 0) is 18.7 Å². The number of ether oxygens (including phenoxy) is 2. The summed E-state index contributed by atoms with van der Waals surface area (Å²) in [4.78, 5) is 12.0. The highest BCUT2D eigenvalue weighted by atomic mass is 28.4. The van der Waals surface area contributed by atoms with Crippen LogP contribution in [0.3, 0.4) is 0 Å². The molecule has 0 N–H and O–H groups in total. The summed E-state index contributed by atoms with van der Waals surface area (Å²) in [5.74, 6) is 1.72. The first-order valence-electron chi connectivity index (χ1n) is 10.1. The van der Waals surface area contributed by atoms with E-state index < -0.39 is 8.32 Å². The molecule has 3 rings (SSSR count). The van der Waals surface area contributed by atoms with Crippen molar-refractivity contribution >= 4 is 14.1 Å². The molecule has 3 fully saturated rings. The fourth-order valence-electron chi connectivity index (χ4n) is 4.39. The van der Waals surface area contributed by atoms with Crippen molar-refractivity contribution in [1.29, 1.82) is 0 Å². The van der Waals surface area contributed by atoms with Gasteiger partial charge < -0.3 is 13.9 Å². The third kappa shape index (κ3) is 4.37. The summed E-state index contributed by atoms with van der Waals surface area (Å²) in [6, 6.07) is 0. The van der Waals surface area contributed by atoms with Crippen LogP contribution in [0.25, 0.3) is 0 Å². The lowest BCUT2D eigenvalue weighted by atomic mass is 9.92. The molecular weight excluding hydrogens is 332 g/mol. The van der Waals surface area contributed by atoms with Crippen molar-refractivity contribution < 1.29 is 18.7 Å². The highest BCUT2D eigenvalue weighted by Crippen LogP contribution is 2.49. The molecule has 25 heavy (non-hydrogen) atoms. The average Bonchev–Trinajstić information content (AvgIpc) is 3.01. The maximum atomic E-state index is 12.0. The molecular formula is C20H36O4Si. The first kappa shape index (κ1) is 19.5. The van der Waals surface area contributed by atoms with E-state index in [0.717, 1.165) is 45.3 Å². The molecule has 2 saturated carbocycles. The van der Waals surface area contributed by atoms with Gasteiger partial charge in [0.25, 0.3) is 0 Å². The molecule has 1 heterocycles. The molecule has 1 saturated heterocycles. The lowest BCUT2D eigenvalue weighted by Crippen LogP contribution is -2.44. The summed E-state index contributed by atoms with van der Waals surface area (Å²) >= 11 is 0. The number of Topliss-reactive ketones (excluding diaryl/α,β-unsaturated/α-hetero) is 1. The van der Waals surface area contributed by atoms with Gasteiger partial charge in [-0.15, -0.1) is 0 Å². The van der Waals surface area contributed by atoms with Gasteiger partial charge in [-0.1, -0.05) is 20.8 Å². The minimum absolute atomic E-state index is 0.0522. The van der Waals surface area contributed by atoms with Crippen LogP contribution in [0.1, 0.15) is 59.3 Å². The molecule has 0 aromatic rings. The van der Waals surface area contributed by atoms with Crippen LogP contribution in [-0.4, -0.2) is 39.7 Å². The Morgan fingerprint density at radius 2 is 1.96 bits per heavy atom. The molecule has 5 heteroatoms. The standard InChI is InChI=1S/C20H36O4Si/c1-20(2,3)25(4,5)23-13-17-16-12-15(21)10-14(16)11-18(17)24-19-8-6-7-9-22-19/h14,16-19H,6-13H2,1-5H3/t14-,16-,17+,18?,19?/m0/s1. The minimum Gasteiger partial charge on any atom is -0.416 e. The van der Waals surface area contributed by atoms with Gasteiger partial charge in [-0.3, -0.25) is 4.79 Å². The SMILES string of the molecule is CC(C)(C)[Si](C)(C)OC[C@H]1C(OC2CCCCO2)C[C@@H]2CC(=O)C[C@@H]21. The molecule has 0 radical (unpaired) electrons. The lowest BCUT2D eigenvalue weighted by Gasteiger charge is -2.38. The summed E-state index contributed by atoms with van der Waals surface area (Å²) in [5.41, 5.74) is 0. The van der Waals surface area contributed by atoms with Crippen molar-refractivity contribution in [3.63, 3.8) is 0 Å². The smallest absolute Gasteiger partial charge is 0.191 e. The fraction of sp³-hybridized carbons (Fsp3) is 0.950. The molecule has 2 unspecified atom stereocenters. The van der Waals surface area contributed by atoms with Crippen LogP contribution in [0, 0.1) is 17.8 Å². The Kier molecular flexibility index (Phi) is 5.79. The molecule has 1 aliphatic heterocycles. The van der Waals surface area contributed by atoms with Crippen molar-refractivity contribution in [2.24, 2.45) is 17.8 Å². The maximum absolute atomic E-state index is 12.0. The molecule has 0 spiro atoms. The largest absolute Gasteiger partial charge is 0.416 e. The fourth-order valence-corrected chi connectivity index (χ4v) is 5.43. The zero-order chi connectivity index (χ0) is 18.2. The van der Waals surface area contributed by atoms with Gasteiger partial charge in [-0.05, 0) is 55.7 Å². The highest BCUT2D eigenvalue weighted by molar-refractivity contribution is 6.74. The molecule has 0 aromatic carbocycles. The van der Waals surface area contributed by atoms with E-state index >= 15 is 0 Å². The summed E-state index contributed by atoms with van der Waals surface area (Å²) in [6.45, 7) is 13.0. The monoisotopic (exact) mass is 368 g/mol. The number of hydrogen-bond acceptors (Lipinski definition) is 4. The second-order valence-corrected chi connectivity index (χ2v) is 14.6. The molecule has 144 valence electrons. The predicted molar refractivity (Wildman–Crippen MR) is 101 cm³/mol. The molecule has 4 nitrogen and oxygen atoms in total. The summed E-state index contributed by atoms with van der Waals surface area (Å²) in [5, 5.41) is 0.208. The minimum atomic E-state index is -1.79. The van der Waals surface area contributed by atoms with E-state index in [1.807, 2.05) is 0 Å². The van der Waals surface area contributed by atoms with Gasteiger partial charge in [0.05, 0.1) is 6.10 Å².